The van der Waals surface area contributed by atoms with Gasteiger partial charge in [0.1, 0.15) is 5.82 Å². The second-order valence-electron chi connectivity index (χ2n) is 8.09. The van der Waals surface area contributed by atoms with Gasteiger partial charge in [-0.15, -0.1) is 0 Å². The molecule has 0 saturated carbocycles. The van der Waals surface area contributed by atoms with Gasteiger partial charge in [0.25, 0.3) is 5.56 Å². The number of halogens is 1. The van der Waals surface area contributed by atoms with E-state index in [-0.39, 0.29) is 5.56 Å². The number of benzene rings is 2. The number of aromatic nitrogens is 3. The van der Waals surface area contributed by atoms with E-state index in [9.17, 15) is 4.79 Å². The average molecular weight is 477 g/mol. The van der Waals surface area contributed by atoms with E-state index in [1.807, 2.05) is 12.1 Å². The lowest BCUT2D eigenvalue weighted by Gasteiger charge is -2.16. The van der Waals surface area contributed by atoms with Crippen molar-refractivity contribution in [2.75, 3.05) is 0 Å². The molecule has 0 N–H and O–H groups in total. The summed E-state index contributed by atoms with van der Waals surface area (Å²) in [5.41, 5.74) is 8.59. The van der Waals surface area contributed by atoms with Crippen molar-refractivity contribution in [3.8, 4) is 5.69 Å². The van der Waals surface area contributed by atoms with Gasteiger partial charge < -0.3 is 4.57 Å². The molecule has 2 heterocycles. The van der Waals surface area contributed by atoms with Gasteiger partial charge in [0, 0.05) is 21.4 Å². The Labute approximate surface area is 190 Å². The van der Waals surface area contributed by atoms with E-state index in [0.717, 1.165) is 21.4 Å². The second-order valence-corrected chi connectivity index (χ2v) is 9.01. The molecule has 0 aliphatic rings. The molecule has 2 aromatic heterocycles. The van der Waals surface area contributed by atoms with Crippen LogP contribution in [0, 0.1) is 41.5 Å². The van der Waals surface area contributed by atoms with Crippen LogP contribution in [0.25, 0.3) is 16.6 Å². The Hall–Kier alpha value is -2.99. The summed E-state index contributed by atoms with van der Waals surface area (Å²) in [6.07, 6.45) is 1.75. The van der Waals surface area contributed by atoms with Crippen LogP contribution in [0.3, 0.4) is 0 Å². The van der Waals surface area contributed by atoms with E-state index in [1.54, 1.807) is 19.2 Å². The fourth-order valence-corrected chi connectivity index (χ4v) is 4.66. The average Bonchev–Trinajstić information content (AvgIpc) is 2.96. The monoisotopic (exact) mass is 476 g/mol. The zero-order valence-corrected chi connectivity index (χ0v) is 20.2. The molecule has 0 bridgehead atoms. The second kappa shape index (κ2) is 7.93. The Kier molecular flexibility index (Phi) is 5.43. The van der Waals surface area contributed by atoms with Crippen LogP contribution in [0.5, 0.6) is 0 Å². The predicted molar refractivity (Wildman–Crippen MR) is 131 cm³/mol. The van der Waals surface area contributed by atoms with Gasteiger partial charge in [0.15, 0.2) is 0 Å². The first kappa shape index (κ1) is 21.2. The minimum Gasteiger partial charge on any atom is -0.317 e. The number of hydrogen-bond acceptors (Lipinski definition) is 3. The van der Waals surface area contributed by atoms with Crippen LogP contribution in [0.2, 0.25) is 0 Å². The lowest BCUT2D eigenvalue weighted by molar-refractivity contribution is 0.770. The molecule has 0 aliphatic heterocycles. The molecule has 0 spiro atoms. The van der Waals surface area contributed by atoms with Gasteiger partial charge in [-0.05, 0) is 76.9 Å². The quantitative estimate of drug-likeness (QED) is 0.357. The van der Waals surface area contributed by atoms with Gasteiger partial charge >= 0.3 is 0 Å². The molecule has 4 aromatic rings. The zero-order valence-electron chi connectivity index (χ0n) is 18.6. The maximum Gasteiger partial charge on any atom is 0.282 e. The molecule has 31 heavy (non-hydrogen) atoms. The molecule has 2 aromatic carbocycles. The van der Waals surface area contributed by atoms with E-state index in [0.29, 0.717) is 16.7 Å². The SMILES string of the molecule is Cc1cc(C)c(-n2c(C)cc(C=Nn3c(C)nc4ccc(Br)cc4c3=O)c2C)c(C)c1. The smallest absolute Gasteiger partial charge is 0.282 e. The van der Waals surface area contributed by atoms with Crippen molar-refractivity contribution in [2.45, 2.75) is 41.5 Å². The zero-order chi connectivity index (χ0) is 22.4. The summed E-state index contributed by atoms with van der Waals surface area (Å²) in [6, 6.07) is 12.0. The highest BCUT2D eigenvalue weighted by atomic mass is 79.9. The molecule has 0 amide bonds. The normalized spacial score (nSPS) is 11.7. The third kappa shape index (κ3) is 3.76. The largest absolute Gasteiger partial charge is 0.317 e. The molecule has 0 saturated heterocycles. The van der Waals surface area contributed by atoms with Crippen molar-refractivity contribution in [1.82, 2.24) is 14.2 Å². The van der Waals surface area contributed by atoms with Crippen LogP contribution >= 0.6 is 15.9 Å². The summed E-state index contributed by atoms with van der Waals surface area (Å²) in [5.74, 6) is 0.551. The van der Waals surface area contributed by atoms with Crippen LogP contribution in [-0.4, -0.2) is 20.4 Å². The summed E-state index contributed by atoms with van der Waals surface area (Å²) in [7, 11) is 0. The highest BCUT2D eigenvalue weighted by molar-refractivity contribution is 9.10. The molecule has 6 heteroatoms. The van der Waals surface area contributed by atoms with Crippen molar-refractivity contribution in [3.05, 3.63) is 90.7 Å². The van der Waals surface area contributed by atoms with E-state index >= 15 is 0 Å². The summed E-state index contributed by atoms with van der Waals surface area (Å²) in [6.45, 7) is 12.4. The van der Waals surface area contributed by atoms with Crippen LogP contribution in [-0.2, 0) is 0 Å². The van der Waals surface area contributed by atoms with Crippen LogP contribution in [0.1, 0.15) is 39.5 Å². The van der Waals surface area contributed by atoms with Crippen LogP contribution < -0.4 is 5.56 Å². The van der Waals surface area contributed by atoms with E-state index < -0.39 is 0 Å². The van der Waals surface area contributed by atoms with Gasteiger partial charge in [-0.1, -0.05) is 33.6 Å². The van der Waals surface area contributed by atoms with Crippen molar-refractivity contribution >= 4 is 33.0 Å². The highest BCUT2D eigenvalue weighted by Crippen LogP contribution is 2.26. The maximum atomic E-state index is 13.0. The minimum atomic E-state index is -0.181. The summed E-state index contributed by atoms with van der Waals surface area (Å²) in [4.78, 5) is 17.5. The molecule has 0 atom stereocenters. The van der Waals surface area contributed by atoms with E-state index in [4.69, 9.17) is 0 Å². The van der Waals surface area contributed by atoms with Crippen LogP contribution in [0.4, 0.5) is 0 Å². The minimum absolute atomic E-state index is 0.181. The molecular formula is C25H25BrN4O. The number of aryl methyl sites for hydroxylation is 5. The number of hydrogen-bond donors (Lipinski definition) is 0. The van der Waals surface area contributed by atoms with Crippen molar-refractivity contribution in [3.63, 3.8) is 0 Å². The fraction of sp³-hybridized carbons (Fsp3) is 0.240. The standard InChI is InChI=1S/C25H25BrN4O/c1-14-9-15(2)24(16(3)10-14)29-17(4)11-20(18(29)5)13-27-30-19(6)28-23-8-7-21(26)12-22(23)25(30)31/h7-13H,1-6H3. The molecule has 0 fully saturated rings. The topological polar surface area (TPSA) is 52.2 Å². The molecule has 4 rings (SSSR count). The van der Waals surface area contributed by atoms with E-state index in [1.165, 1.54) is 27.1 Å². The lowest BCUT2D eigenvalue weighted by Crippen LogP contribution is -2.20. The summed E-state index contributed by atoms with van der Waals surface area (Å²) in [5, 5.41) is 5.05. The molecule has 0 radical (unpaired) electrons. The predicted octanol–water partition coefficient (Wildman–Crippen LogP) is 5.68. The van der Waals surface area contributed by atoms with Gasteiger partial charge in [-0.2, -0.15) is 9.78 Å². The Balaban J connectivity index is 1.82. The molecule has 0 unspecified atom stereocenters. The van der Waals surface area contributed by atoms with Crippen LogP contribution in [0.15, 0.2) is 50.8 Å². The first-order valence-electron chi connectivity index (χ1n) is 10.2. The van der Waals surface area contributed by atoms with Gasteiger partial charge in [-0.3, -0.25) is 4.79 Å². The third-order valence-electron chi connectivity index (χ3n) is 5.61. The number of nitrogens with zero attached hydrogens (tertiary/aromatic N) is 4. The first-order valence-corrected chi connectivity index (χ1v) is 11.0. The maximum absolute atomic E-state index is 13.0. The van der Waals surface area contributed by atoms with Crippen molar-refractivity contribution < 1.29 is 0 Å². The van der Waals surface area contributed by atoms with E-state index in [2.05, 4.69) is 83.4 Å². The fourth-order valence-electron chi connectivity index (χ4n) is 4.30. The molecule has 158 valence electrons. The highest BCUT2D eigenvalue weighted by Gasteiger charge is 2.14. The number of rotatable bonds is 3. The Morgan fingerprint density at radius 3 is 2.32 bits per heavy atom. The van der Waals surface area contributed by atoms with Crippen molar-refractivity contribution in [2.24, 2.45) is 5.10 Å². The van der Waals surface area contributed by atoms with Gasteiger partial charge in [0.2, 0.25) is 0 Å². The van der Waals surface area contributed by atoms with Gasteiger partial charge in [0.05, 0.1) is 22.8 Å². The number of fused-ring (bicyclic) bond motifs is 1. The Morgan fingerprint density at radius 1 is 0.968 bits per heavy atom. The molecular weight excluding hydrogens is 452 g/mol. The summed E-state index contributed by atoms with van der Waals surface area (Å²) < 4.78 is 4.46. The lowest BCUT2D eigenvalue weighted by atomic mass is 10.0. The Bertz CT molecular complexity index is 1400. The summed E-state index contributed by atoms with van der Waals surface area (Å²) >= 11 is 3.43. The van der Waals surface area contributed by atoms with Gasteiger partial charge in [-0.25, -0.2) is 4.98 Å². The third-order valence-corrected chi connectivity index (χ3v) is 6.10. The first-order chi connectivity index (χ1) is 14.7. The Morgan fingerprint density at radius 2 is 1.65 bits per heavy atom. The van der Waals surface area contributed by atoms with Crippen molar-refractivity contribution in [1.29, 1.82) is 0 Å². The molecule has 5 nitrogen and oxygen atoms in total. The molecule has 0 aliphatic carbocycles.